The maximum atomic E-state index is 12.3. The van der Waals surface area contributed by atoms with E-state index in [1.165, 1.54) is 21.9 Å². The number of benzene rings is 3. The maximum absolute atomic E-state index is 12.3. The van der Waals surface area contributed by atoms with Gasteiger partial charge in [-0.1, -0.05) is 42.5 Å². The Balaban J connectivity index is 1.47. The highest BCUT2D eigenvalue weighted by atomic mass is 16.6. The van der Waals surface area contributed by atoms with Gasteiger partial charge < -0.3 is 9.47 Å². The first-order valence-corrected chi connectivity index (χ1v) is 8.68. The summed E-state index contributed by atoms with van der Waals surface area (Å²) in [5.41, 5.74) is 2.52. The van der Waals surface area contributed by atoms with Crippen molar-refractivity contribution in [2.24, 2.45) is 0 Å². The zero-order chi connectivity index (χ0) is 16.9. The minimum Gasteiger partial charge on any atom is -0.459 e. The monoisotopic (exact) mass is 330 g/mol. The lowest BCUT2D eigenvalue weighted by Crippen LogP contribution is -2.30. The van der Waals surface area contributed by atoms with Gasteiger partial charge in [0, 0.05) is 0 Å². The molecule has 3 aromatic rings. The van der Waals surface area contributed by atoms with E-state index in [0.717, 1.165) is 12.8 Å². The summed E-state index contributed by atoms with van der Waals surface area (Å²) in [7, 11) is 0. The molecule has 2 aliphatic heterocycles. The summed E-state index contributed by atoms with van der Waals surface area (Å²) in [6, 6.07) is 21.9. The molecule has 0 aliphatic carbocycles. The normalized spacial score (nSPS) is 23.6. The van der Waals surface area contributed by atoms with Crippen LogP contribution in [0.15, 0.2) is 66.7 Å². The Morgan fingerprint density at radius 3 is 2.56 bits per heavy atom. The third-order valence-corrected chi connectivity index (χ3v) is 5.38. The fourth-order valence-corrected chi connectivity index (χ4v) is 4.11. The van der Waals surface area contributed by atoms with E-state index in [-0.39, 0.29) is 18.7 Å². The molecule has 2 aliphatic rings. The van der Waals surface area contributed by atoms with Gasteiger partial charge in [0.25, 0.3) is 0 Å². The van der Waals surface area contributed by atoms with Crippen LogP contribution in [0.2, 0.25) is 0 Å². The van der Waals surface area contributed by atoms with E-state index in [9.17, 15) is 4.79 Å². The highest BCUT2D eigenvalue weighted by Crippen LogP contribution is 2.55. The molecule has 2 atom stereocenters. The van der Waals surface area contributed by atoms with Gasteiger partial charge in [0.05, 0.1) is 11.7 Å². The molecule has 2 unspecified atom stereocenters. The first-order chi connectivity index (χ1) is 12.3. The molecule has 0 amide bonds. The second kappa shape index (κ2) is 5.43. The molecule has 0 aromatic heterocycles. The minimum atomic E-state index is -0.492. The van der Waals surface area contributed by atoms with Gasteiger partial charge in [-0.2, -0.15) is 0 Å². The van der Waals surface area contributed by atoms with Crippen molar-refractivity contribution in [1.29, 1.82) is 0 Å². The molecule has 1 fully saturated rings. The highest BCUT2D eigenvalue weighted by molar-refractivity contribution is 5.89. The predicted molar refractivity (Wildman–Crippen MR) is 95.4 cm³/mol. The van der Waals surface area contributed by atoms with Crippen LogP contribution in [0, 0.1) is 0 Å². The molecule has 5 rings (SSSR count). The van der Waals surface area contributed by atoms with Crippen LogP contribution in [-0.2, 0) is 15.1 Å². The molecule has 0 radical (unpaired) electrons. The predicted octanol–water partition coefficient (Wildman–Crippen LogP) is 4.76. The van der Waals surface area contributed by atoms with Crippen molar-refractivity contribution >= 4 is 16.7 Å². The van der Waals surface area contributed by atoms with Gasteiger partial charge in [-0.25, -0.2) is 4.79 Å². The number of esters is 1. The summed E-state index contributed by atoms with van der Waals surface area (Å²) in [5.74, 6) is -0.295. The fraction of sp³-hybridized carbons (Fsp3) is 0.227. The van der Waals surface area contributed by atoms with E-state index in [2.05, 4.69) is 30.3 Å². The number of hydrogen-bond acceptors (Lipinski definition) is 3. The Bertz CT molecular complexity index is 963. The third kappa shape index (κ3) is 2.27. The summed E-state index contributed by atoms with van der Waals surface area (Å²) in [4.78, 5) is 12.3. The van der Waals surface area contributed by atoms with Crippen LogP contribution in [0.5, 0.6) is 0 Å². The number of fused-ring (bicyclic) bond motifs is 6. The van der Waals surface area contributed by atoms with Crippen LogP contribution in [0.25, 0.3) is 10.8 Å². The smallest absolute Gasteiger partial charge is 0.338 e. The largest absolute Gasteiger partial charge is 0.459 e. The summed E-state index contributed by atoms with van der Waals surface area (Å²) in [5, 5.41) is 2.43. The van der Waals surface area contributed by atoms with Crippen molar-refractivity contribution in [2.75, 3.05) is 6.61 Å². The zero-order valence-corrected chi connectivity index (χ0v) is 13.8. The third-order valence-electron chi connectivity index (χ3n) is 5.38. The second-order valence-corrected chi connectivity index (χ2v) is 6.87. The number of ether oxygens (including phenoxy) is 2. The van der Waals surface area contributed by atoms with Crippen molar-refractivity contribution in [1.82, 2.24) is 0 Å². The standard InChI is InChI=1S/C22H18O3/c23-21(15-6-2-1-3-7-15)24-14-22-11-10-20(25-22)18-12-16-8-4-5-9-17(16)13-19(18)22/h1-9,12-13,20H,10-11,14H2. The molecular formula is C22H18O3. The van der Waals surface area contributed by atoms with Crippen molar-refractivity contribution < 1.29 is 14.3 Å². The Morgan fingerprint density at radius 2 is 1.76 bits per heavy atom. The molecule has 124 valence electrons. The van der Waals surface area contributed by atoms with Crippen LogP contribution < -0.4 is 0 Å². The van der Waals surface area contributed by atoms with Crippen LogP contribution in [0.3, 0.4) is 0 Å². The summed E-state index contributed by atoms with van der Waals surface area (Å²) >= 11 is 0. The molecule has 1 saturated heterocycles. The molecule has 2 bridgehead atoms. The topological polar surface area (TPSA) is 35.5 Å². The maximum Gasteiger partial charge on any atom is 0.338 e. The van der Waals surface area contributed by atoms with Gasteiger partial charge in [0.15, 0.2) is 0 Å². The lowest BCUT2D eigenvalue weighted by molar-refractivity contribution is -0.0654. The lowest BCUT2D eigenvalue weighted by atomic mass is 9.81. The van der Waals surface area contributed by atoms with Crippen molar-refractivity contribution in [2.45, 2.75) is 24.5 Å². The molecular weight excluding hydrogens is 312 g/mol. The molecule has 3 aromatic carbocycles. The van der Waals surface area contributed by atoms with Gasteiger partial charge in [0.2, 0.25) is 0 Å². The molecule has 0 spiro atoms. The Hall–Kier alpha value is -2.65. The van der Waals surface area contributed by atoms with Gasteiger partial charge in [-0.3, -0.25) is 0 Å². The van der Waals surface area contributed by atoms with Crippen LogP contribution in [0.1, 0.15) is 40.4 Å². The van der Waals surface area contributed by atoms with Gasteiger partial charge in [0.1, 0.15) is 12.2 Å². The Kier molecular flexibility index (Phi) is 3.19. The van der Waals surface area contributed by atoms with E-state index in [1.54, 1.807) is 12.1 Å². The lowest BCUT2D eigenvalue weighted by Gasteiger charge is -2.26. The second-order valence-electron chi connectivity index (χ2n) is 6.87. The molecule has 0 N–H and O–H groups in total. The molecule has 0 saturated carbocycles. The van der Waals surface area contributed by atoms with Gasteiger partial charge >= 0.3 is 5.97 Å². The van der Waals surface area contributed by atoms with Crippen molar-refractivity contribution in [3.8, 4) is 0 Å². The van der Waals surface area contributed by atoms with Gasteiger partial charge in [-0.15, -0.1) is 0 Å². The van der Waals surface area contributed by atoms with Crippen molar-refractivity contribution in [3.05, 3.63) is 83.4 Å². The van der Waals surface area contributed by atoms with E-state index < -0.39 is 5.60 Å². The first kappa shape index (κ1) is 14.7. The zero-order valence-electron chi connectivity index (χ0n) is 13.8. The van der Waals surface area contributed by atoms with Gasteiger partial charge in [-0.05, 0) is 59.0 Å². The Morgan fingerprint density at radius 1 is 1.04 bits per heavy atom. The van der Waals surface area contributed by atoms with E-state index in [4.69, 9.17) is 9.47 Å². The molecule has 3 nitrogen and oxygen atoms in total. The fourth-order valence-electron chi connectivity index (χ4n) is 4.11. The number of hydrogen-bond donors (Lipinski definition) is 0. The summed E-state index contributed by atoms with van der Waals surface area (Å²) < 4.78 is 11.9. The number of carbonyl (C=O) groups excluding carboxylic acids is 1. The summed E-state index contributed by atoms with van der Waals surface area (Å²) in [6.45, 7) is 0.266. The Labute approximate surface area is 146 Å². The molecule has 2 heterocycles. The summed E-state index contributed by atoms with van der Waals surface area (Å²) in [6.07, 6.45) is 1.99. The molecule has 25 heavy (non-hydrogen) atoms. The quantitative estimate of drug-likeness (QED) is 0.650. The van der Waals surface area contributed by atoms with Crippen LogP contribution in [-0.4, -0.2) is 12.6 Å². The highest BCUT2D eigenvalue weighted by Gasteiger charge is 2.51. The van der Waals surface area contributed by atoms with E-state index in [1.807, 2.05) is 24.3 Å². The van der Waals surface area contributed by atoms with Crippen molar-refractivity contribution in [3.63, 3.8) is 0 Å². The minimum absolute atomic E-state index is 0.120. The first-order valence-electron chi connectivity index (χ1n) is 8.68. The SMILES string of the molecule is O=C(OCC12CCC(O1)c1cc3ccccc3cc12)c1ccccc1. The average molecular weight is 330 g/mol. The van der Waals surface area contributed by atoms with Crippen LogP contribution in [0.4, 0.5) is 0 Å². The van der Waals surface area contributed by atoms with E-state index >= 15 is 0 Å². The average Bonchev–Trinajstić information content (AvgIpc) is 3.23. The number of rotatable bonds is 3. The number of carbonyl (C=O) groups is 1. The molecule has 3 heteroatoms. The van der Waals surface area contributed by atoms with Crippen LogP contribution >= 0.6 is 0 Å². The van der Waals surface area contributed by atoms with E-state index in [0.29, 0.717) is 5.56 Å².